The van der Waals surface area contributed by atoms with Gasteiger partial charge in [0.2, 0.25) is 5.91 Å². The van der Waals surface area contributed by atoms with Gasteiger partial charge in [0.15, 0.2) is 0 Å². The van der Waals surface area contributed by atoms with Gasteiger partial charge in [-0.25, -0.2) is 9.59 Å². The first-order chi connectivity index (χ1) is 16.5. The minimum Gasteiger partial charge on any atom is -0.461 e. The predicted molar refractivity (Wildman–Crippen MR) is 128 cm³/mol. The van der Waals surface area contributed by atoms with Crippen LogP contribution in [0, 0.1) is 0 Å². The molecule has 188 valence electrons. The molecule has 0 saturated heterocycles. The first-order valence-corrected chi connectivity index (χ1v) is 11.2. The molecule has 2 amide bonds. The highest BCUT2D eigenvalue weighted by atomic mass is 16.6. The van der Waals surface area contributed by atoms with E-state index in [9.17, 15) is 19.2 Å². The van der Waals surface area contributed by atoms with Crippen molar-refractivity contribution in [1.82, 2.24) is 10.6 Å². The highest BCUT2D eigenvalue weighted by molar-refractivity contribution is 5.91. The van der Waals surface area contributed by atoms with Gasteiger partial charge in [-0.3, -0.25) is 9.59 Å². The molecule has 35 heavy (non-hydrogen) atoms. The van der Waals surface area contributed by atoms with Gasteiger partial charge in [-0.05, 0) is 38.8 Å². The average molecular weight is 485 g/mol. The Morgan fingerprint density at radius 2 is 1.31 bits per heavy atom. The van der Waals surface area contributed by atoms with Crippen molar-refractivity contribution in [2.24, 2.45) is 0 Å². The summed E-state index contributed by atoms with van der Waals surface area (Å²) in [5.74, 6) is -2.16. The molecule has 0 spiro atoms. The van der Waals surface area contributed by atoms with Crippen LogP contribution in [-0.2, 0) is 41.8 Å². The number of hydrogen-bond acceptors (Lipinski definition) is 7. The topological polar surface area (TPSA) is 120 Å². The summed E-state index contributed by atoms with van der Waals surface area (Å²) in [4.78, 5) is 49.7. The van der Waals surface area contributed by atoms with E-state index in [1.54, 1.807) is 45.0 Å². The molecule has 0 bridgehead atoms. The third-order valence-electron chi connectivity index (χ3n) is 4.56. The molecule has 2 atom stereocenters. The first kappa shape index (κ1) is 27.4. The highest BCUT2D eigenvalue weighted by Gasteiger charge is 2.31. The molecule has 0 heterocycles. The maximum absolute atomic E-state index is 12.7. The number of hydrogen-bond donors (Lipinski definition) is 2. The molecule has 2 rings (SSSR count). The maximum atomic E-state index is 12.7. The van der Waals surface area contributed by atoms with Crippen molar-refractivity contribution >= 4 is 23.9 Å². The van der Waals surface area contributed by atoms with E-state index in [1.165, 1.54) is 6.92 Å². The Kier molecular flexibility index (Phi) is 10.3. The number of esters is 2. The van der Waals surface area contributed by atoms with Gasteiger partial charge in [0.25, 0.3) is 0 Å². The third-order valence-corrected chi connectivity index (χ3v) is 4.56. The summed E-state index contributed by atoms with van der Waals surface area (Å²) >= 11 is 0. The van der Waals surface area contributed by atoms with Crippen LogP contribution in [0.15, 0.2) is 60.7 Å². The van der Waals surface area contributed by atoms with Gasteiger partial charge in [0.1, 0.15) is 30.9 Å². The molecule has 0 saturated carbocycles. The van der Waals surface area contributed by atoms with Crippen LogP contribution in [0.4, 0.5) is 4.79 Å². The largest absolute Gasteiger partial charge is 0.461 e. The average Bonchev–Trinajstić information content (AvgIpc) is 2.81. The van der Waals surface area contributed by atoms with E-state index in [0.717, 1.165) is 11.1 Å². The Labute approximate surface area is 205 Å². The molecule has 2 N–H and O–H groups in total. The summed E-state index contributed by atoms with van der Waals surface area (Å²) in [6.45, 7) is 6.51. The molecule has 0 aliphatic carbocycles. The van der Waals surface area contributed by atoms with Crippen LogP contribution in [0.1, 0.15) is 45.2 Å². The zero-order valence-corrected chi connectivity index (χ0v) is 20.4. The van der Waals surface area contributed by atoms with Gasteiger partial charge < -0.3 is 24.8 Å². The van der Waals surface area contributed by atoms with E-state index >= 15 is 0 Å². The fourth-order valence-electron chi connectivity index (χ4n) is 2.83. The Morgan fingerprint density at radius 3 is 1.83 bits per heavy atom. The molecular formula is C26H32N2O7. The highest BCUT2D eigenvalue weighted by Crippen LogP contribution is 2.11. The third kappa shape index (κ3) is 10.7. The summed E-state index contributed by atoms with van der Waals surface area (Å²) in [6, 6.07) is 15.8. The van der Waals surface area contributed by atoms with Crippen LogP contribution < -0.4 is 10.6 Å². The number of benzene rings is 2. The van der Waals surface area contributed by atoms with Crippen LogP contribution in [0.25, 0.3) is 0 Å². The Morgan fingerprint density at radius 1 is 0.800 bits per heavy atom. The summed E-state index contributed by atoms with van der Waals surface area (Å²) < 4.78 is 15.7. The molecule has 0 aliphatic rings. The van der Waals surface area contributed by atoms with Crippen LogP contribution in [0.2, 0.25) is 0 Å². The van der Waals surface area contributed by atoms with E-state index in [4.69, 9.17) is 14.2 Å². The quantitative estimate of drug-likeness (QED) is 0.392. The van der Waals surface area contributed by atoms with E-state index in [0.29, 0.717) is 0 Å². The van der Waals surface area contributed by atoms with Crippen molar-refractivity contribution in [3.8, 4) is 0 Å². The fraction of sp³-hybridized carbons (Fsp3) is 0.385. The standard InChI is InChI=1S/C26H32N2O7/c1-18(27-25(32)34-17-20-13-9-6-10-14-20)23(30)28-21(24(31)35-26(2,3)4)15-22(29)33-16-19-11-7-5-8-12-19/h5-14,18,21H,15-17H2,1-4H3,(H,27,32)(H,28,30)/t18-,21-/m0/s1. The lowest BCUT2D eigenvalue weighted by Crippen LogP contribution is -2.52. The molecule has 9 heteroatoms. The lowest BCUT2D eigenvalue weighted by Gasteiger charge is -2.25. The molecule has 2 aromatic rings. The summed E-state index contributed by atoms with van der Waals surface area (Å²) in [5.41, 5.74) is 0.739. The SMILES string of the molecule is C[C@H](NC(=O)OCc1ccccc1)C(=O)N[C@@H](CC(=O)OCc1ccccc1)C(=O)OC(C)(C)C. The van der Waals surface area contributed by atoms with Crippen molar-refractivity contribution in [3.63, 3.8) is 0 Å². The molecule has 0 radical (unpaired) electrons. The molecule has 0 fully saturated rings. The Bertz CT molecular complexity index is 988. The lowest BCUT2D eigenvalue weighted by atomic mass is 10.1. The second-order valence-corrected chi connectivity index (χ2v) is 8.87. The first-order valence-electron chi connectivity index (χ1n) is 11.2. The van der Waals surface area contributed by atoms with Gasteiger partial charge in [0.05, 0.1) is 6.42 Å². The van der Waals surface area contributed by atoms with Gasteiger partial charge >= 0.3 is 18.0 Å². The summed E-state index contributed by atoms with van der Waals surface area (Å²) in [6.07, 6.45) is -1.23. The minimum atomic E-state index is -1.30. The van der Waals surface area contributed by atoms with E-state index in [2.05, 4.69) is 10.6 Å². The van der Waals surface area contributed by atoms with Crippen molar-refractivity contribution in [3.05, 3.63) is 71.8 Å². The van der Waals surface area contributed by atoms with E-state index in [-0.39, 0.29) is 13.2 Å². The Balaban J connectivity index is 1.93. The van der Waals surface area contributed by atoms with Crippen LogP contribution in [0.3, 0.4) is 0 Å². The molecule has 0 aliphatic heterocycles. The van der Waals surface area contributed by atoms with Crippen LogP contribution in [-0.4, -0.2) is 41.6 Å². The smallest absolute Gasteiger partial charge is 0.408 e. The monoisotopic (exact) mass is 484 g/mol. The second-order valence-electron chi connectivity index (χ2n) is 8.87. The van der Waals surface area contributed by atoms with Crippen molar-refractivity contribution in [2.45, 2.75) is 65.0 Å². The van der Waals surface area contributed by atoms with Gasteiger partial charge in [-0.15, -0.1) is 0 Å². The molecule has 2 aromatic carbocycles. The number of amides is 2. The normalized spacial score (nSPS) is 12.6. The Hall–Kier alpha value is -3.88. The number of alkyl carbamates (subject to hydrolysis) is 1. The molecule has 0 unspecified atom stereocenters. The number of rotatable bonds is 10. The van der Waals surface area contributed by atoms with Crippen LogP contribution >= 0.6 is 0 Å². The van der Waals surface area contributed by atoms with Crippen molar-refractivity contribution in [2.75, 3.05) is 0 Å². The number of ether oxygens (including phenoxy) is 3. The van der Waals surface area contributed by atoms with Gasteiger partial charge in [-0.1, -0.05) is 60.7 Å². The second kappa shape index (κ2) is 13.1. The molecule has 9 nitrogen and oxygen atoms in total. The van der Waals surface area contributed by atoms with E-state index < -0.39 is 48.0 Å². The molecule has 0 aromatic heterocycles. The van der Waals surface area contributed by atoms with Crippen LogP contribution in [0.5, 0.6) is 0 Å². The number of carbonyl (C=O) groups is 4. The van der Waals surface area contributed by atoms with Crippen molar-refractivity contribution < 1.29 is 33.4 Å². The lowest BCUT2D eigenvalue weighted by molar-refractivity contribution is -0.162. The van der Waals surface area contributed by atoms with E-state index in [1.807, 2.05) is 36.4 Å². The summed E-state index contributed by atoms with van der Waals surface area (Å²) in [7, 11) is 0. The fourth-order valence-corrected chi connectivity index (χ4v) is 2.83. The zero-order valence-electron chi connectivity index (χ0n) is 20.4. The molecular weight excluding hydrogens is 452 g/mol. The van der Waals surface area contributed by atoms with Crippen molar-refractivity contribution in [1.29, 1.82) is 0 Å². The van der Waals surface area contributed by atoms with Gasteiger partial charge in [0, 0.05) is 0 Å². The zero-order chi connectivity index (χ0) is 25.8. The predicted octanol–water partition coefficient (Wildman–Crippen LogP) is 3.26. The minimum absolute atomic E-state index is 0.0277. The maximum Gasteiger partial charge on any atom is 0.408 e. The number of carbonyl (C=O) groups excluding carboxylic acids is 4. The van der Waals surface area contributed by atoms with Gasteiger partial charge in [-0.2, -0.15) is 0 Å². The summed E-state index contributed by atoms with van der Waals surface area (Å²) in [5, 5.41) is 4.86. The number of nitrogens with one attached hydrogen (secondary N) is 2.